The lowest BCUT2D eigenvalue weighted by Crippen LogP contribution is -2.48. The summed E-state index contributed by atoms with van der Waals surface area (Å²) in [6, 6.07) is 12.8. The number of rotatable bonds is 5. The highest BCUT2D eigenvalue weighted by Gasteiger charge is 2.43. The van der Waals surface area contributed by atoms with Gasteiger partial charge in [-0.05, 0) is 48.2 Å². The number of hydrogen-bond acceptors (Lipinski definition) is 3. The summed E-state index contributed by atoms with van der Waals surface area (Å²) in [5, 5.41) is 0.582. The molecule has 2 aromatic carbocycles. The van der Waals surface area contributed by atoms with E-state index < -0.39 is 11.8 Å². The monoisotopic (exact) mass is 427 g/mol. The van der Waals surface area contributed by atoms with Crippen molar-refractivity contribution in [3.05, 3.63) is 64.7 Å². The number of ether oxygens (including phenoxy) is 2. The van der Waals surface area contributed by atoms with Gasteiger partial charge in [-0.15, -0.1) is 13.2 Å². The van der Waals surface area contributed by atoms with E-state index in [0.717, 1.165) is 5.56 Å². The molecule has 29 heavy (non-hydrogen) atoms. The maximum atomic E-state index is 13.4. The molecule has 1 heterocycles. The minimum absolute atomic E-state index is 0.106. The van der Waals surface area contributed by atoms with Crippen molar-refractivity contribution < 1.29 is 27.4 Å². The van der Waals surface area contributed by atoms with E-state index in [9.17, 15) is 18.0 Å². The van der Waals surface area contributed by atoms with Gasteiger partial charge in [-0.2, -0.15) is 0 Å². The molecule has 1 amide bonds. The van der Waals surface area contributed by atoms with Gasteiger partial charge in [-0.1, -0.05) is 35.9 Å². The van der Waals surface area contributed by atoms with E-state index in [1.54, 1.807) is 25.2 Å². The molecular weight excluding hydrogens is 407 g/mol. The van der Waals surface area contributed by atoms with Gasteiger partial charge in [-0.3, -0.25) is 4.79 Å². The van der Waals surface area contributed by atoms with Gasteiger partial charge in [-0.25, -0.2) is 0 Å². The Morgan fingerprint density at radius 2 is 1.83 bits per heavy atom. The third-order valence-electron chi connectivity index (χ3n) is 5.05. The van der Waals surface area contributed by atoms with Crippen molar-refractivity contribution in [1.29, 1.82) is 0 Å². The molecule has 1 fully saturated rings. The van der Waals surface area contributed by atoms with E-state index in [2.05, 4.69) is 4.74 Å². The molecule has 0 aromatic heterocycles. The lowest BCUT2D eigenvalue weighted by atomic mass is 9.73. The lowest BCUT2D eigenvalue weighted by Gasteiger charge is -2.39. The molecule has 0 atom stereocenters. The fraction of sp³-hybridized carbons (Fsp3) is 0.381. The van der Waals surface area contributed by atoms with Crippen LogP contribution in [0.3, 0.4) is 0 Å². The molecule has 2 aromatic rings. The zero-order valence-corrected chi connectivity index (χ0v) is 16.6. The van der Waals surface area contributed by atoms with Gasteiger partial charge in [0.15, 0.2) is 0 Å². The summed E-state index contributed by atoms with van der Waals surface area (Å²) in [5.74, 6) is -0.417. The third-order valence-corrected chi connectivity index (χ3v) is 5.30. The third kappa shape index (κ3) is 5.22. The number of hydrogen-bond donors (Lipinski definition) is 0. The summed E-state index contributed by atoms with van der Waals surface area (Å²) < 4.78 is 46.8. The summed E-state index contributed by atoms with van der Waals surface area (Å²) in [6.45, 7) is 1.07. The van der Waals surface area contributed by atoms with Crippen molar-refractivity contribution in [2.75, 3.05) is 20.3 Å². The fourth-order valence-electron chi connectivity index (χ4n) is 3.67. The first-order valence-corrected chi connectivity index (χ1v) is 9.51. The minimum Gasteiger partial charge on any atom is -0.406 e. The van der Waals surface area contributed by atoms with Crippen LogP contribution < -0.4 is 4.74 Å². The van der Waals surface area contributed by atoms with Gasteiger partial charge in [0.05, 0.1) is 5.41 Å². The first-order valence-electron chi connectivity index (χ1n) is 9.14. The predicted octanol–water partition coefficient (Wildman–Crippen LogP) is 4.95. The van der Waals surface area contributed by atoms with Gasteiger partial charge < -0.3 is 14.4 Å². The molecule has 0 unspecified atom stereocenters. The number of carbonyl (C=O) groups excluding carboxylic acids is 1. The summed E-state index contributed by atoms with van der Waals surface area (Å²) in [7, 11) is 1.65. The molecule has 3 rings (SSSR count). The number of halogens is 4. The van der Waals surface area contributed by atoms with Crippen LogP contribution in [0.4, 0.5) is 13.2 Å². The molecule has 0 spiro atoms. The van der Waals surface area contributed by atoms with Crippen LogP contribution in [-0.4, -0.2) is 37.4 Å². The zero-order chi connectivity index (χ0) is 21.1. The molecular formula is C21H21ClF3NO3. The molecule has 0 radical (unpaired) electrons. The second kappa shape index (κ2) is 8.63. The summed E-state index contributed by atoms with van der Waals surface area (Å²) >= 11 is 5.99. The standard InChI is InChI=1S/C21H21ClF3NO3/c1-26(14-15-3-2-4-18(13-15)29-21(23,24)25)19(27)20(9-11-28-12-10-20)16-5-7-17(22)8-6-16/h2-8,13H,9-12,14H2,1H3. The van der Waals surface area contributed by atoms with Gasteiger partial charge in [0.2, 0.25) is 5.91 Å². The van der Waals surface area contributed by atoms with E-state index in [1.807, 2.05) is 12.1 Å². The fourth-order valence-corrected chi connectivity index (χ4v) is 3.79. The van der Waals surface area contributed by atoms with Crippen LogP contribution in [0.2, 0.25) is 5.02 Å². The van der Waals surface area contributed by atoms with Crippen LogP contribution in [0.15, 0.2) is 48.5 Å². The van der Waals surface area contributed by atoms with Crippen LogP contribution in [0.5, 0.6) is 5.75 Å². The smallest absolute Gasteiger partial charge is 0.406 e. The first kappa shape index (κ1) is 21.5. The second-order valence-corrected chi connectivity index (χ2v) is 7.49. The van der Waals surface area contributed by atoms with Crippen molar-refractivity contribution in [3.63, 3.8) is 0 Å². The molecule has 0 N–H and O–H groups in total. The molecule has 4 nitrogen and oxygen atoms in total. The summed E-state index contributed by atoms with van der Waals surface area (Å²) in [6.07, 6.45) is -3.72. The van der Waals surface area contributed by atoms with E-state index in [0.29, 0.717) is 36.6 Å². The number of benzene rings is 2. The number of nitrogens with zero attached hydrogens (tertiary/aromatic N) is 1. The van der Waals surface area contributed by atoms with Gasteiger partial charge in [0.25, 0.3) is 0 Å². The molecule has 1 aliphatic rings. The largest absolute Gasteiger partial charge is 0.573 e. The van der Waals surface area contributed by atoms with Crippen LogP contribution in [0, 0.1) is 0 Å². The van der Waals surface area contributed by atoms with Crippen LogP contribution in [0.25, 0.3) is 0 Å². The average molecular weight is 428 g/mol. The number of carbonyl (C=O) groups is 1. The Morgan fingerprint density at radius 3 is 2.45 bits per heavy atom. The maximum absolute atomic E-state index is 13.4. The van der Waals surface area contributed by atoms with E-state index >= 15 is 0 Å². The highest BCUT2D eigenvalue weighted by atomic mass is 35.5. The van der Waals surface area contributed by atoms with E-state index in [-0.39, 0.29) is 18.2 Å². The van der Waals surface area contributed by atoms with E-state index in [4.69, 9.17) is 16.3 Å². The van der Waals surface area contributed by atoms with Gasteiger partial charge >= 0.3 is 6.36 Å². The topological polar surface area (TPSA) is 38.8 Å². The molecule has 0 saturated carbocycles. The van der Waals surface area contributed by atoms with Crippen LogP contribution >= 0.6 is 11.6 Å². The summed E-state index contributed by atoms with van der Waals surface area (Å²) in [4.78, 5) is 15.0. The van der Waals surface area contributed by atoms with Crippen molar-refractivity contribution >= 4 is 17.5 Å². The minimum atomic E-state index is -4.76. The highest BCUT2D eigenvalue weighted by molar-refractivity contribution is 6.30. The average Bonchev–Trinajstić information content (AvgIpc) is 2.67. The summed E-state index contributed by atoms with van der Waals surface area (Å²) in [5.41, 5.74) is 0.648. The first-order chi connectivity index (χ1) is 13.7. The van der Waals surface area contributed by atoms with Gasteiger partial charge in [0.1, 0.15) is 5.75 Å². The molecule has 1 aliphatic heterocycles. The lowest BCUT2D eigenvalue weighted by molar-refractivity contribution is -0.274. The van der Waals surface area contributed by atoms with Crippen molar-refractivity contribution in [2.24, 2.45) is 0 Å². The van der Waals surface area contributed by atoms with Crippen LogP contribution in [-0.2, 0) is 21.5 Å². The molecule has 1 saturated heterocycles. The van der Waals surface area contributed by atoms with E-state index in [1.165, 1.54) is 23.1 Å². The number of alkyl halides is 3. The second-order valence-electron chi connectivity index (χ2n) is 7.06. The van der Waals surface area contributed by atoms with Crippen molar-refractivity contribution in [3.8, 4) is 5.75 Å². The maximum Gasteiger partial charge on any atom is 0.573 e. The zero-order valence-electron chi connectivity index (χ0n) is 15.8. The quantitative estimate of drug-likeness (QED) is 0.678. The molecule has 0 aliphatic carbocycles. The Hall–Kier alpha value is -2.25. The Kier molecular flexibility index (Phi) is 6.39. The highest BCUT2D eigenvalue weighted by Crippen LogP contribution is 2.37. The van der Waals surface area contributed by atoms with Crippen molar-refractivity contribution in [2.45, 2.75) is 31.2 Å². The number of amides is 1. The van der Waals surface area contributed by atoms with Crippen LogP contribution in [0.1, 0.15) is 24.0 Å². The Bertz CT molecular complexity index is 849. The predicted molar refractivity (Wildman–Crippen MR) is 103 cm³/mol. The molecule has 8 heteroatoms. The Morgan fingerprint density at radius 1 is 1.17 bits per heavy atom. The SMILES string of the molecule is CN(Cc1cccc(OC(F)(F)F)c1)C(=O)C1(c2ccc(Cl)cc2)CCOCC1. The molecule has 0 bridgehead atoms. The number of likely N-dealkylation sites (N-methyl/N-ethyl adjacent to an activating group) is 1. The Labute approximate surface area is 172 Å². The van der Waals surface area contributed by atoms with Gasteiger partial charge in [0, 0.05) is 31.8 Å². The molecule has 156 valence electrons. The van der Waals surface area contributed by atoms with Crippen molar-refractivity contribution in [1.82, 2.24) is 4.90 Å². The normalized spacial score (nSPS) is 16.3. The Balaban J connectivity index is 1.81.